The standard InChI is InChI=1S/C18H18N2O2/c1-13-11-16(18-19-9-10-20(18)12-13)15-7-5-14(6-8-15)3-2-4-17(21)22/h5-12H,2-4H2,1H3,(H,21,22). The number of aryl methyl sites for hydroxylation is 2. The van der Waals surface area contributed by atoms with Gasteiger partial charge >= 0.3 is 5.97 Å². The highest BCUT2D eigenvalue weighted by Gasteiger charge is 2.07. The van der Waals surface area contributed by atoms with Crippen LogP contribution in [-0.4, -0.2) is 20.5 Å². The van der Waals surface area contributed by atoms with Crippen molar-refractivity contribution in [3.05, 3.63) is 60.0 Å². The van der Waals surface area contributed by atoms with Crippen LogP contribution < -0.4 is 0 Å². The predicted molar refractivity (Wildman–Crippen MR) is 85.9 cm³/mol. The maximum Gasteiger partial charge on any atom is 0.303 e. The van der Waals surface area contributed by atoms with Crippen molar-refractivity contribution in [1.82, 2.24) is 9.38 Å². The number of imidazole rings is 1. The number of hydrogen-bond acceptors (Lipinski definition) is 2. The van der Waals surface area contributed by atoms with Gasteiger partial charge in [0, 0.05) is 30.6 Å². The van der Waals surface area contributed by atoms with Crippen LogP contribution in [0.2, 0.25) is 0 Å². The van der Waals surface area contributed by atoms with E-state index in [0.717, 1.165) is 28.8 Å². The average molecular weight is 294 g/mol. The van der Waals surface area contributed by atoms with Crippen LogP contribution in [0.25, 0.3) is 16.8 Å². The number of hydrogen-bond donors (Lipinski definition) is 1. The molecule has 0 bridgehead atoms. The maximum absolute atomic E-state index is 10.6. The van der Waals surface area contributed by atoms with E-state index < -0.39 is 5.97 Å². The van der Waals surface area contributed by atoms with Crippen LogP contribution in [0.15, 0.2) is 48.9 Å². The van der Waals surface area contributed by atoms with Crippen LogP contribution >= 0.6 is 0 Å². The van der Waals surface area contributed by atoms with Gasteiger partial charge in [0.05, 0.1) is 0 Å². The molecule has 0 unspecified atom stereocenters. The molecule has 22 heavy (non-hydrogen) atoms. The quantitative estimate of drug-likeness (QED) is 0.780. The summed E-state index contributed by atoms with van der Waals surface area (Å²) in [7, 11) is 0. The topological polar surface area (TPSA) is 54.6 Å². The van der Waals surface area contributed by atoms with Gasteiger partial charge in [-0.2, -0.15) is 0 Å². The fourth-order valence-electron chi connectivity index (χ4n) is 2.68. The smallest absolute Gasteiger partial charge is 0.303 e. The number of carboxylic acids is 1. The van der Waals surface area contributed by atoms with Crippen LogP contribution in [0.4, 0.5) is 0 Å². The number of nitrogens with zero attached hydrogens (tertiary/aromatic N) is 2. The first-order valence-corrected chi connectivity index (χ1v) is 7.38. The Hall–Kier alpha value is -2.62. The molecule has 0 saturated heterocycles. The summed E-state index contributed by atoms with van der Waals surface area (Å²) in [5, 5.41) is 8.68. The van der Waals surface area contributed by atoms with E-state index in [-0.39, 0.29) is 6.42 Å². The van der Waals surface area contributed by atoms with Crippen molar-refractivity contribution in [2.45, 2.75) is 26.2 Å². The van der Waals surface area contributed by atoms with Gasteiger partial charge in [-0.05, 0) is 42.5 Å². The van der Waals surface area contributed by atoms with E-state index in [9.17, 15) is 4.79 Å². The number of carboxylic acid groups (broad SMARTS) is 1. The van der Waals surface area contributed by atoms with E-state index in [1.54, 1.807) is 6.20 Å². The number of pyridine rings is 1. The minimum atomic E-state index is -0.738. The molecule has 2 aromatic heterocycles. The fourth-order valence-corrected chi connectivity index (χ4v) is 2.68. The lowest BCUT2D eigenvalue weighted by Crippen LogP contribution is -1.96. The van der Waals surface area contributed by atoms with Gasteiger partial charge in [0.2, 0.25) is 0 Å². The highest BCUT2D eigenvalue weighted by atomic mass is 16.4. The summed E-state index contributed by atoms with van der Waals surface area (Å²) in [5.74, 6) is -0.738. The highest BCUT2D eigenvalue weighted by Crippen LogP contribution is 2.25. The molecule has 2 heterocycles. The molecule has 0 radical (unpaired) electrons. The van der Waals surface area contributed by atoms with Gasteiger partial charge in [-0.1, -0.05) is 24.3 Å². The Balaban J connectivity index is 1.85. The van der Waals surface area contributed by atoms with E-state index >= 15 is 0 Å². The van der Waals surface area contributed by atoms with Crippen molar-refractivity contribution in [2.75, 3.05) is 0 Å². The minimum Gasteiger partial charge on any atom is -0.481 e. The molecule has 0 amide bonds. The minimum absolute atomic E-state index is 0.217. The molecular formula is C18H18N2O2. The van der Waals surface area contributed by atoms with Crippen molar-refractivity contribution < 1.29 is 9.90 Å². The van der Waals surface area contributed by atoms with Crippen LogP contribution in [0.3, 0.4) is 0 Å². The number of benzene rings is 1. The summed E-state index contributed by atoms with van der Waals surface area (Å²) in [6.45, 7) is 2.07. The summed E-state index contributed by atoms with van der Waals surface area (Å²) in [6.07, 6.45) is 7.49. The first-order valence-electron chi connectivity index (χ1n) is 7.38. The van der Waals surface area contributed by atoms with Crippen molar-refractivity contribution in [3.8, 4) is 11.1 Å². The molecule has 0 aliphatic heterocycles. The Bertz CT molecular complexity index is 804. The third-order valence-corrected chi connectivity index (χ3v) is 3.75. The van der Waals surface area contributed by atoms with Gasteiger partial charge in [0.1, 0.15) is 5.65 Å². The Morgan fingerprint density at radius 2 is 2.05 bits per heavy atom. The Morgan fingerprint density at radius 3 is 2.77 bits per heavy atom. The van der Waals surface area contributed by atoms with Crippen LogP contribution in [-0.2, 0) is 11.2 Å². The van der Waals surface area contributed by atoms with E-state index in [0.29, 0.717) is 6.42 Å². The zero-order valence-electron chi connectivity index (χ0n) is 12.5. The summed E-state index contributed by atoms with van der Waals surface area (Å²) in [6, 6.07) is 10.4. The van der Waals surface area contributed by atoms with Crippen molar-refractivity contribution >= 4 is 11.6 Å². The maximum atomic E-state index is 10.6. The first kappa shape index (κ1) is 14.3. The average Bonchev–Trinajstić information content (AvgIpc) is 2.95. The molecule has 3 rings (SSSR count). The van der Waals surface area contributed by atoms with Crippen molar-refractivity contribution in [2.24, 2.45) is 0 Å². The second-order valence-corrected chi connectivity index (χ2v) is 5.53. The summed E-state index contributed by atoms with van der Waals surface area (Å²) >= 11 is 0. The highest BCUT2D eigenvalue weighted by molar-refractivity contribution is 5.78. The molecule has 0 spiro atoms. The number of aliphatic carboxylic acids is 1. The summed E-state index contributed by atoms with van der Waals surface area (Å²) in [4.78, 5) is 15.0. The number of aromatic nitrogens is 2. The zero-order chi connectivity index (χ0) is 15.5. The number of carbonyl (C=O) groups is 1. The SMILES string of the molecule is Cc1cc(-c2ccc(CCCC(=O)O)cc2)c2nccn2c1. The monoisotopic (exact) mass is 294 g/mol. The molecule has 0 atom stereocenters. The van der Waals surface area contributed by atoms with Gasteiger partial charge in [-0.15, -0.1) is 0 Å². The Morgan fingerprint density at radius 1 is 1.27 bits per heavy atom. The molecule has 0 saturated carbocycles. The molecule has 1 aromatic carbocycles. The predicted octanol–water partition coefficient (Wildman–Crippen LogP) is 3.72. The molecule has 112 valence electrons. The summed E-state index contributed by atoms with van der Waals surface area (Å²) in [5.41, 5.74) is 5.54. The molecular weight excluding hydrogens is 276 g/mol. The van der Waals surface area contributed by atoms with Gasteiger partial charge < -0.3 is 9.51 Å². The fraction of sp³-hybridized carbons (Fsp3) is 0.222. The second-order valence-electron chi connectivity index (χ2n) is 5.53. The van der Waals surface area contributed by atoms with Gasteiger partial charge in [-0.3, -0.25) is 4.79 Å². The zero-order valence-corrected chi connectivity index (χ0v) is 12.5. The van der Waals surface area contributed by atoms with Crippen LogP contribution in [0.5, 0.6) is 0 Å². The Labute approximate surface area is 129 Å². The third kappa shape index (κ3) is 3.01. The first-order chi connectivity index (χ1) is 10.6. The molecule has 4 nitrogen and oxygen atoms in total. The third-order valence-electron chi connectivity index (χ3n) is 3.75. The van der Waals surface area contributed by atoms with Crippen molar-refractivity contribution in [1.29, 1.82) is 0 Å². The largest absolute Gasteiger partial charge is 0.481 e. The van der Waals surface area contributed by atoms with Crippen molar-refractivity contribution in [3.63, 3.8) is 0 Å². The van der Waals surface area contributed by atoms with Gasteiger partial charge in [0.15, 0.2) is 0 Å². The molecule has 0 aliphatic carbocycles. The lowest BCUT2D eigenvalue weighted by Gasteiger charge is -2.07. The van der Waals surface area contributed by atoms with E-state index in [4.69, 9.17) is 5.11 Å². The molecule has 3 aromatic rings. The van der Waals surface area contributed by atoms with E-state index in [2.05, 4.69) is 48.4 Å². The van der Waals surface area contributed by atoms with Crippen LogP contribution in [0, 0.1) is 6.92 Å². The van der Waals surface area contributed by atoms with E-state index in [1.807, 2.05) is 10.6 Å². The molecule has 4 heteroatoms. The molecule has 0 aliphatic rings. The lowest BCUT2D eigenvalue weighted by molar-refractivity contribution is -0.137. The summed E-state index contributed by atoms with van der Waals surface area (Å²) < 4.78 is 2.03. The van der Waals surface area contributed by atoms with Crippen LogP contribution in [0.1, 0.15) is 24.0 Å². The number of fused-ring (bicyclic) bond motifs is 1. The lowest BCUT2D eigenvalue weighted by atomic mass is 10.0. The van der Waals surface area contributed by atoms with Gasteiger partial charge in [0.25, 0.3) is 0 Å². The van der Waals surface area contributed by atoms with Gasteiger partial charge in [-0.25, -0.2) is 4.98 Å². The number of rotatable bonds is 5. The Kier molecular flexibility index (Phi) is 3.92. The van der Waals surface area contributed by atoms with E-state index in [1.165, 1.54) is 5.56 Å². The molecule has 0 fully saturated rings. The normalized spacial score (nSPS) is 11.0. The molecule has 1 N–H and O–H groups in total. The second kappa shape index (κ2) is 6.02.